The quantitative estimate of drug-likeness (QED) is 0.548. The van der Waals surface area contributed by atoms with Crippen LogP contribution in [-0.2, 0) is 0 Å². The maximum absolute atomic E-state index is 5.33. The number of benzene rings is 2. The van der Waals surface area contributed by atoms with Crippen LogP contribution in [-0.4, -0.2) is 22.1 Å². The third-order valence-corrected chi connectivity index (χ3v) is 4.16. The maximum Gasteiger partial charge on any atom is 0.178 e. The van der Waals surface area contributed by atoms with E-state index in [0.717, 1.165) is 39.2 Å². The Morgan fingerprint density at radius 3 is 2.52 bits per heavy atom. The zero-order valence-electron chi connectivity index (χ0n) is 14.1. The van der Waals surface area contributed by atoms with E-state index < -0.39 is 0 Å². The van der Waals surface area contributed by atoms with E-state index in [1.165, 1.54) is 0 Å². The van der Waals surface area contributed by atoms with Crippen molar-refractivity contribution in [2.24, 2.45) is 0 Å². The molecule has 0 aliphatic carbocycles. The second-order valence-corrected chi connectivity index (χ2v) is 5.84. The van der Waals surface area contributed by atoms with Crippen LogP contribution in [0.5, 0.6) is 5.75 Å². The lowest BCUT2D eigenvalue weighted by atomic mass is 10.1. The summed E-state index contributed by atoms with van der Waals surface area (Å²) in [6.07, 6.45) is 1.84. The minimum absolute atomic E-state index is 0.630. The van der Waals surface area contributed by atoms with E-state index in [4.69, 9.17) is 9.72 Å². The van der Waals surface area contributed by atoms with E-state index in [1.807, 2.05) is 67.7 Å². The van der Waals surface area contributed by atoms with Crippen molar-refractivity contribution in [1.29, 1.82) is 0 Å². The van der Waals surface area contributed by atoms with Gasteiger partial charge in [0.05, 0.1) is 18.3 Å². The first-order chi connectivity index (χ1) is 12.2. The molecular formula is C21H17N3O. The Kier molecular flexibility index (Phi) is 3.86. The van der Waals surface area contributed by atoms with Crippen molar-refractivity contribution in [1.82, 2.24) is 15.0 Å². The highest BCUT2D eigenvalue weighted by atomic mass is 16.5. The molecule has 4 heteroatoms. The normalized spacial score (nSPS) is 10.8. The van der Waals surface area contributed by atoms with Crippen LogP contribution in [0.2, 0.25) is 0 Å². The van der Waals surface area contributed by atoms with Gasteiger partial charge in [-0.25, -0.2) is 15.0 Å². The largest absolute Gasteiger partial charge is 0.496 e. The molecule has 4 rings (SSSR count). The Balaban J connectivity index is 1.77. The highest BCUT2D eigenvalue weighted by Gasteiger charge is 2.08. The Hall–Kier alpha value is -3.27. The maximum atomic E-state index is 5.33. The number of hydrogen-bond acceptors (Lipinski definition) is 4. The molecular weight excluding hydrogens is 310 g/mol. The third kappa shape index (κ3) is 2.94. The lowest BCUT2D eigenvalue weighted by molar-refractivity contribution is 0.412. The molecule has 2 aromatic heterocycles. The van der Waals surface area contributed by atoms with Crippen LogP contribution < -0.4 is 4.74 Å². The van der Waals surface area contributed by atoms with Crippen molar-refractivity contribution in [2.75, 3.05) is 7.11 Å². The Morgan fingerprint density at radius 1 is 0.840 bits per heavy atom. The van der Waals surface area contributed by atoms with Gasteiger partial charge in [0.15, 0.2) is 5.82 Å². The number of rotatable bonds is 3. The Morgan fingerprint density at radius 2 is 1.68 bits per heavy atom. The SMILES string of the molecule is COc1ccc(-c2cccc(-c3ncc4ccccc4n3)n2)cc1C. The molecule has 0 atom stereocenters. The van der Waals surface area contributed by atoms with Crippen molar-refractivity contribution in [3.63, 3.8) is 0 Å². The Labute approximate surface area is 146 Å². The van der Waals surface area contributed by atoms with Crippen molar-refractivity contribution in [3.8, 4) is 28.5 Å². The number of para-hydroxylation sites is 1. The van der Waals surface area contributed by atoms with Gasteiger partial charge < -0.3 is 4.74 Å². The fraction of sp³-hybridized carbons (Fsp3) is 0.0952. The van der Waals surface area contributed by atoms with Gasteiger partial charge in [-0.1, -0.05) is 24.3 Å². The number of methoxy groups -OCH3 is 1. The number of pyridine rings is 1. The zero-order chi connectivity index (χ0) is 17.2. The molecule has 0 bridgehead atoms. The summed E-state index contributed by atoms with van der Waals surface area (Å²) in [5.74, 6) is 1.50. The number of ether oxygens (including phenoxy) is 1. The number of fused-ring (bicyclic) bond motifs is 1. The van der Waals surface area contributed by atoms with Crippen molar-refractivity contribution >= 4 is 10.9 Å². The molecule has 122 valence electrons. The minimum Gasteiger partial charge on any atom is -0.496 e. The third-order valence-electron chi connectivity index (χ3n) is 4.16. The standard InChI is InChI=1S/C21H17N3O/c1-14-12-15(10-11-20(14)25-2)17-8-5-9-19(23-17)21-22-13-16-6-3-4-7-18(16)24-21/h3-13H,1-2H3. The van der Waals surface area contributed by atoms with E-state index in [0.29, 0.717) is 5.82 Å². The van der Waals surface area contributed by atoms with Crippen LogP contribution in [0.4, 0.5) is 0 Å². The summed E-state index contributed by atoms with van der Waals surface area (Å²) in [6.45, 7) is 2.03. The van der Waals surface area contributed by atoms with Gasteiger partial charge in [-0.05, 0) is 48.9 Å². The summed E-state index contributed by atoms with van der Waals surface area (Å²) in [5, 5.41) is 1.02. The summed E-state index contributed by atoms with van der Waals surface area (Å²) in [6, 6.07) is 19.9. The lowest BCUT2D eigenvalue weighted by Crippen LogP contribution is -1.94. The fourth-order valence-corrected chi connectivity index (χ4v) is 2.85. The van der Waals surface area contributed by atoms with Gasteiger partial charge in [0.25, 0.3) is 0 Å². The smallest absolute Gasteiger partial charge is 0.178 e. The Bertz CT molecular complexity index is 1060. The summed E-state index contributed by atoms with van der Waals surface area (Å²) in [4.78, 5) is 13.8. The van der Waals surface area contributed by atoms with Gasteiger partial charge in [-0.15, -0.1) is 0 Å². The molecule has 4 aromatic rings. The first-order valence-corrected chi connectivity index (χ1v) is 8.09. The number of nitrogens with zero attached hydrogens (tertiary/aromatic N) is 3. The molecule has 25 heavy (non-hydrogen) atoms. The average Bonchev–Trinajstić information content (AvgIpc) is 2.67. The summed E-state index contributed by atoms with van der Waals surface area (Å²) in [5.41, 5.74) is 4.69. The summed E-state index contributed by atoms with van der Waals surface area (Å²) < 4.78 is 5.33. The lowest BCUT2D eigenvalue weighted by Gasteiger charge is -2.08. The molecule has 2 aromatic carbocycles. The molecule has 0 saturated carbocycles. The molecule has 0 fully saturated rings. The van der Waals surface area contributed by atoms with Crippen LogP contribution in [0.1, 0.15) is 5.56 Å². The highest BCUT2D eigenvalue weighted by Crippen LogP contribution is 2.26. The predicted octanol–water partition coefficient (Wildman–Crippen LogP) is 4.68. The van der Waals surface area contributed by atoms with Gasteiger partial charge in [-0.2, -0.15) is 0 Å². The molecule has 4 nitrogen and oxygen atoms in total. The molecule has 0 aliphatic heterocycles. The molecule has 0 aliphatic rings. The van der Waals surface area contributed by atoms with E-state index in [1.54, 1.807) is 7.11 Å². The van der Waals surface area contributed by atoms with Crippen LogP contribution in [0.15, 0.2) is 66.9 Å². The monoisotopic (exact) mass is 327 g/mol. The molecule has 0 spiro atoms. The number of aryl methyl sites for hydroxylation is 1. The van der Waals surface area contributed by atoms with Crippen molar-refractivity contribution < 1.29 is 4.74 Å². The van der Waals surface area contributed by atoms with Gasteiger partial charge in [0.2, 0.25) is 0 Å². The highest BCUT2D eigenvalue weighted by molar-refractivity contribution is 5.79. The van der Waals surface area contributed by atoms with Crippen molar-refractivity contribution in [3.05, 3.63) is 72.4 Å². The van der Waals surface area contributed by atoms with Gasteiger partial charge in [0, 0.05) is 17.1 Å². The molecule has 2 heterocycles. The number of hydrogen-bond donors (Lipinski definition) is 0. The predicted molar refractivity (Wildman–Crippen MR) is 99.5 cm³/mol. The fourth-order valence-electron chi connectivity index (χ4n) is 2.85. The second kappa shape index (κ2) is 6.32. The summed E-state index contributed by atoms with van der Waals surface area (Å²) in [7, 11) is 1.68. The second-order valence-electron chi connectivity index (χ2n) is 5.84. The van der Waals surface area contributed by atoms with Crippen LogP contribution in [0.3, 0.4) is 0 Å². The first-order valence-electron chi connectivity index (χ1n) is 8.09. The van der Waals surface area contributed by atoms with Gasteiger partial charge >= 0.3 is 0 Å². The van der Waals surface area contributed by atoms with E-state index in [2.05, 4.69) is 16.0 Å². The average molecular weight is 327 g/mol. The van der Waals surface area contributed by atoms with Crippen LogP contribution in [0.25, 0.3) is 33.7 Å². The number of aromatic nitrogens is 3. The minimum atomic E-state index is 0.630. The molecule has 0 unspecified atom stereocenters. The first kappa shape index (κ1) is 15.3. The topological polar surface area (TPSA) is 47.9 Å². The zero-order valence-corrected chi connectivity index (χ0v) is 14.1. The molecule has 0 N–H and O–H groups in total. The summed E-state index contributed by atoms with van der Waals surface area (Å²) >= 11 is 0. The molecule has 0 radical (unpaired) electrons. The van der Waals surface area contributed by atoms with E-state index in [-0.39, 0.29) is 0 Å². The van der Waals surface area contributed by atoms with Crippen LogP contribution >= 0.6 is 0 Å². The van der Waals surface area contributed by atoms with E-state index >= 15 is 0 Å². The van der Waals surface area contributed by atoms with Crippen molar-refractivity contribution in [2.45, 2.75) is 6.92 Å². The van der Waals surface area contributed by atoms with Gasteiger partial charge in [-0.3, -0.25) is 0 Å². The van der Waals surface area contributed by atoms with E-state index in [9.17, 15) is 0 Å². The van der Waals surface area contributed by atoms with Crippen LogP contribution in [0, 0.1) is 6.92 Å². The molecule has 0 amide bonds. The molecule has 0 saturated heterocycles. The van der Waals surface area contributed by atoms with Gasteiger partial charge in [0.1, 0.15) is 11.4 Å².